The highest BCUT2D eigenvalue weighted by molar-refractivity contribution is 14.1. The van der Waals surface area contributed by atoms with Gasteiger partial charge in [-0.15, -0.1) is 0 Å². The first kappa shape index (κ1) is 17.9. The molecule has 1 aromatic carbocycles. The number of nitrogens with one attached hydrogen (secondary N) is 1. The molecule has 1 aromatic heterocycles. The van der Waals surface area contributed by atoms with E-state index >= 15 is 0 Å². The quantitative estimate of drug-likeness (QED) is 0.313. The van der Waals surface area contributed by atoms with E-state index in [9.17, 15) is 4.79 Å². The number of aromatic nitrogens is 1. The number of hydrogen-bond donors (Lipinski definition) is 1. The predicted octanol–water partition coefficient (Wildman–Crippen LogP) is 3.02. The monoisotopic (exact) mass is 437 g/mol. The molecule has 124 valence electrons. The van der Waals surface area contributed by atoms with Crippen LogP contribution < -0.4 is 14.9 Å². The van der Waals surface area contributed by atoms with E-state index in [2.05, 4.69) is 44.7 Å². The molecule has 24 heavy (non-hydrogen) atoms. The molecule has 0 fully saturated rings. The smallest absolute Gasteiger partial charge is 0.271 e. The van der Waals surface area contributed by atoms with Crippen molar-refractivity contribution in [2.45, 2.75) is 0 Å². The second-order valence-corrected chi connectivity index (χ2v) is 5.73. The lowest BCUT2D eigenvalue weighted by Gasteiger charge is -2.12. The van der Waals surface area contributed by atoms with Gasteiger partial charge in [0.05, 0.1) is 16.9 Å². The maximum absolute atomic E-state index is 11.9. The van der Waals surface area contributed by atoms with Crippen molar-refractivity contribution in [3.63, 3.8) is 0 Å². The molecule has 0 saturated carbocycles. The van der Waals surface area contributed by atoms with Crippen molar-refractivity contribution < 1.29 is 14.3 Å². The Bertz CT molecular complexity index is 748. The van der Waals surface area contributed by atoms with Crippen LogP contribution in [0.4, 0.5) is 0 Å². The number of halogens is 1. The van der Waals surface area contributed by atoms with E-state index in [1.165, 1.54) is 0 Å². The molecule has 0 bridgehead atoms. The largest absolute Gasteiger partial charge is 0.493 e. The van der Waals surface area contributed by atoms with Crippen LogP contribution in [0.3, 0.4) is 0 Å². The fourth-order valence-corrected chi connectivity index (χ4v) is 2.61. The van der Waals surface area contributed by atoms with Crippen molar-refractivity contribution in [3.05, 3.63) is 64.0 Å². The van der Waals surface area contributed by atoms with E-state index < -0.39 is 0 Å². The molecule has 0 aliphatic heterocycles. The topological polar surface area (TPSA) is 72.8 Å². The summed E-state index contributed by atoms with van der Waals surface area (Å²) >= 11 is 2.15. The lowest BCUT2D eigenvalue weighted by Crippen LogP contribution is -2.17. The highest BCUT2D eigenvalue weighted by Gasteiger charge is 2.10. The Morgan fingerprint density at radius 3 is 2.83 bits per heavy atom. The zero-order chi connectivity index (χ0) is 17.4. The number of benzene rings is 1. The summed E-state index contributed by atoms with van der Waals surface area (Å²) in [7, 11) is 1.57. The van der Waals surface area contributed by atoms with Crippen LogP contribution in [-0.2, 0) is 0 Å². The summed E-state index contributed by atoms with van der Waals surface area (Å²) in [6.45, 7) is 4.02. The molecule has 0 aliphatic carbocycles. The summed E-state index contributed by atoms with van der Waals surface area (Å²) in [5.41, 5.74) is 3.73. The highest BCUT2D eigenvalue weighted by atomic mass is 127. The molecule has 1 N–H and O–H groups in total. The van der Waals surface area contributed by atoms with Crippen LogP contribution >= 0.6 is 22.6 Å². The number of hydrazone groups is 1. The van der Waals surface area contributed by atoms with Gasteiger partial charge in [-0.1, -0.05) is 12.7 Å². The lowest BCUT2D eigenvalue weighted by molar-refractivity contribution is 0.0955. The standard InChI is InChI=1S/C17H16IN3O3/c1-3-8-24-16-14(18)9-12(10-15(16)23-2)11-20-21-17(22)13-4-6-19-7-5-13/h3-7,9-11H,1,8H2,2H3,(H,21,22)/b20-11-. The van der Waals surface area contributed by atoms with Crippen LogP contribution in [0.2, 0.25) is 0 Å². The summed E-state index contributed by atoms with van der Waals surface area (Å²) in [6.07, 6.45) is 6.31. The summed E-state index contributed by atoms with van der Waals surface area (Å²) in [5, 5.41) is 3.97. The van der Waals surface area contributed by atoms with Gasteiger partial charge in [0.25, 0.3) is 5.91 Å². The van der Waals surface area contributed by atoms with Crippen molar-refractivity contribution in [2.75, 3.05) is 13.7 Å². The zero-order valence-corrected chi connectivity index (χ0v) is 15.2. The third-order valence-electron chi connectivity index (χ3n) is 2.92. The summed E-state index contributed by atoms with van der Waals surface area (Å²) in [6, 6.07) is 6.89. The molecule has 0 aliphatic rings. The molecule has 0 saturated heterocycles. The average Bonchev–Trinajstić information content (AvgIpc) is 2.61. The minimum Gasteiger partial charge on any atom is -0.493 e. The maximum Gasteiger partial charge on any atom is 0.271 e. The fourth-order valence-electron chi connectivity index (χ4n) is 1.83. The van der Waals surface area contributed by atoms with Gasteiger partial charge in [-0.05, 0) is 52.4 Å². The SMILES string of the molecule is C=CCOc1c(I)cc(/C=N\NC(=O)c2ccncc2)cc1OC. The Balaban J connectivity index is 2.10. The molecule has 0 atom stereocenters. The first-order chi connectivity index (χ1) is 11.7. The van der Waals surface area contributed by atoms with Gasteiger partial charge in [0.15, 0.2) is 11.5 Å². The van der Waals surface area contributed by atoms with Crippen LogP contribution in [-0.4, -0.2) is 30.8 Å². The third-order valence-corrected chi connectivity index (χ3v) is 3.72. The van der Waals surface area contributed by atoms with Crippen LogP contribution in [0.1, 0.15) is 15.9 Å². The normalized spacial score (nSPS) is 10.4. The van der Waals surface area contributed by atoms with Crippen LogP contribution in [0.5, 0.6) is 11.5 Å². The predicted molar refractivity (Wildman–Crippen MR) is 101 cm³/mol. The number of carbonyl (C=O) groups is 1. The van der Waals surface area contributed by atoms with Crippen molar-refractivity contribution >= 4 is 34.7 Å². The Morgan fingerprint density at radius 1 is 1.42 bits per heavy atom. The highest BCUT2D eigenvalue weighted by Crippen LogP contribution is 2.33. The van der Waals surface area contributed by atoms with Gasteiger partial charge in [-0.25, -0.2) is 5.43 Å². The number of methoxy groups -OCH3 is 1. The molecule has 2 aromatic rings. The lowest BCUT2D eigenvalue weighted by atomic mass is 10.2. The number of pyridine rings is 1. The molecule has 0 radical (unpaired) electrons. The van der Waals surface area contributed by atoms with Gasteiger partial charge in [0, 0.05) is 18.0 Å². The minimum absolute atomic E-state index is 0.304. The van der Waals surface area contributed by atoms with Gasteiger partial charge in [-0.2, -0.15) is 5.10 Å². The molecular formula is C17H16IN3O3. The molecule has 0 unspecified atom stereocenters. The third kappa shape index (κ3) is 4.79. The second-order valence-electron chi connectivity index (χ2n) is 4.57. The Labute approximate surface area is 153 Å². The first-order valence-electron chi connectivity index (χ1n) is 7.00. The Morgan fingerprint density at radius 2 is 2.17 bits per heavy atom. The van der Waals surface area contributed by atoms with Gasteiger partial charge in [-0.3, -0.25) is 9.78 Å². The molecule has 7 heteroatoms. The van der Waals surface area contributed by atoms with Gasteiger partial charge < -0.3 is 9.47 Å². The van der Waals surface area contributed by atoms with Gasteiger partial charge in [0.2, 0.25) is 0 Å². The van der Waals surface area contributed by atoms with Crippen LogP contribution in [0.15, 0.2) is 54.4 Å². The van der Waals surface area contributed by atoms with Gasteiger partial charge in [0.1, 0.15) is 6.61 Å². The van der Waals surface area contributed by atoms with Crippen molar-refractivity contribution in [1.82, 2.24) is 10.4 Å². The fraction of sp³-hybridized carbons (Fsp3) is 0.118. The number of hydrogen-bond acceptors (Lipinski definition) is 5. The zero-order valence-electron chi connectivity index (χ0n) is 13.0. The van der Waals surface area contributed by atoms with E-state index in [-0.39, 0.29) is 5.91 Å². The summed E-state index contributed by atoms with van der Waals surface area (Å²) < 4.78 is 11.8. The molecule has 2 rings (SSSR count). The van der Waals surface area contributed by atoms with Crippen molar-refractivity contribution in [2.24, 2.45) is 5.10 Å². The van der Waals surface area contributed by atoms with Gasteiger partial charge >= 0.3 is 0 Å². The Kier molecular flexibility index (Phi) is 6.74. The van der Waals surface area contributed by atoms with Crippen LogP contribution in [0, 0.1) is 3.57 Å². The van der Waals surface area contributed by atoms with E-state index in [1.54, 1.807) is 50.0 Å². The number of rotatable bonds is 7. The van der Waals surface area contributed by atoms with Crippen molar-refractivity contribution in [1.29, 1.82) is 0 Å². The second kappa shape index (κ2) is 9.02. The number of nitrogens with zero attached hydrogens (tertiary/aromatic N) is 2. The van der Waals surface area contributed by atoms with Crippen LogP contribution in [0.25, 0.3) is 0 Å². The molecule has 6 nitrogen and oxygen atoms in total. The summed E-state index contributed by atoms with van der Waals surface area (Å²) in [4.78, 5) is 15.8. The van der Waals surface area contributed by atoms with E-state index in [0.29, 0.717) is 23.7 Å². The van der Waals surface area contributed by atoms with E-state index in [4.69, 9.17) is 9.47 Å². The molecule has 1 heterocycles. The maximum atomic E-state index is 11.9. The number of carbonyl (C=O) groups excluding carboxylic acids is 1. The average molecular weight is 437 g/mol. The molecule has 0 spiro atoms. The minimum atomic E-state index is -0.304. The Hall–Kier alpha value is -2.42. The molecular weight excluding hydrogens is 421 g/mol. The molecule has 1 amide bonds. The number of ether oxygens (including phenoxy) is 2. The van der Waals surface area contributed by atoms with Crippen molar-refractivity contribution in [3.8, 4) is 11.5 Å². The van der Waals surface area contributed by atoms with E-state index in [0.717, 1.165) is 9.13 Å². The number of amides is 1. The summed E-state index contributed by atoms with van der Waals surface area (Å²) in [5.74, 6) is 0.933. The van der Waals surface area contributed by atoms with E-state index in [1.807, 2.05) is 6.07 Å². The first-order valence-corrected chi connectivity index (χ1v) is 8.08.